The molecule has 0 aliphatic carbocycles. The van der Waals surface area contributed by atoms with Crippen LogP contribution < -0.4 is 10.2 Å². The number of hydrogen-bond donors (Lipinski definition) is 1. The van der Waals surface area contributed by atoms with Crippen molar-refractivity contribution >= 4 is 35.6 Å². The van der Waals surface area contributed by atoms with Crippen LogP contribution >= 0.6 is 24.0 Å². The molecule has 0 bridgehead atoms. The third-order valence-electron chi connectivity index (χ3n) is 5.74. The van der Waals surface area contributed by atoms with Crippen LogP contribution in [-0.4, -0.2) is 87.9 Å². The Hall–Kier alpha value is -1.13. The first kappa shape index (κ1) is 24.1. The van der Waals surface area contributed by atoms with Crippen molar-refractivity contribution in [2.45, 2.75) is 19.9 Å². The Labute approximate surface area is 191 Å². The molecule has 1 unspecified atom stereocenters. The maximum Gasteiger partial charge on any atom is 0.193 e. The van der Waals surface area contributed by atoms with Crippen molar-refractivity contribution < 1.29 is 9.13 Å². The molecule has 0 spiro atoms. The number of ether oxygens (including phenoxy) is 1. The number of nitrogens with one attached hydrogen (secondary N) is 1. The lowest BCUT2D eigenvalue weighted by Crippen LogP contribution is -2.56. The van der Waals surface area contributed by atoms with Crippen LogP contribution in [0.25, 0.3) is 0 Å². The van der Waals surface area contributed by atoms with Crippen LogP contribution in [0.4, 0.5) is 10.1 Å². The first-order valence-corrected chi connectivity index (χ1v) is 10.4. The molecule has 0 aromatic heterocycles. The average Bonchev–Trinajstić information content (AvgIpc) is 2.72. The van der Waals surface area contributed by atoms with E-state index in [-0.39, 0.29) is 29.8 Å². The standard InChI is InChI=1S/C21H34FN5O.HI/c1-17(2)20(26-12-14-28-15-13-26)16-24-21(23-3)27-10-8-25(9-11-27)19-6-4-18(22)5-7-19;/h4-7,17,20H,8-16H2,1-3H3,(H,23,24);1H. The van der Waals surface area contributed by atoms with Crippen LogP contribution in [0.5, 0.6) is 0 Å². The molecule has 1 atom stereocenters. The SMILES string of the molecule is CN=C(NCC(C(C)C)N1CCOCC1)N1CCN(c2ccc(F)cc2)CC1.I. The van der Waals surface area contributed by atoms with Crippen molar-refractivity contribution in [2.75, 3.05) is 71.0 Å². The molecule has 1 aromatic rings. The molecule has 3 rings (SSSR count). The first-order valence-electron chi connectivity index (χ1n) is 10.4. The van der Waals surface area contributed by atoms with Gasteiger partial charge in [-0.3, -0.25) is 9.89 Å². The molecule has 0 saturated carbocycles. The summed E-state index contributed by atoms with van der Waals surface area (Å²) in [6.07, 6.45) is 0. The fourth-order valence-electron chi connectivity index (χ4n) is 4.05. The summed E-state index contributed by atoms with van der Waals surface area (Å²) >= 11 is 0. The topological polar surface area (TPSA) is 43.3 Å². The molecule has 2 aliphatic rings. The number of hydrogen-bond acceptors (Lipinski definition) is 4. The normalized spacial score (nSPS) is 19.8. The van der Waals surface area contributed by atoms with E-state index in [2.05, 4.69) is 38.9 Å². The molecule has 164 valence electrons. The number of morpholine rings is 1. The van der Waals surface area contributed by atoms with Crippen molar-refractivity contribution in [3.8, 4) is 0 Å². The predicted molar refractivity (Wildman–Crippen MR) is 128 cm³/mol. The summed E-state index contributed by atoms with van der Waals surface area (Å²) in [5, 5.41) is 3.61. The lowest BCUT2D eigenvalue weighted by Gasteiger charge is -2.40. The molecule has 29 heavy (non-hydrogen) atoms. The smallest absolute Gasteiger partial charge is 0.193 e. The summed E-state index contributed by atoms with van der Waals surface area (Å²) in [6.45, 7) is 12.7. The number of rotatable bonds is 5. The van der Waals surface area contributed by atoms with E-state index in [1.807, 2.05) is 19.2 Å². The monoisotopic (exact) mass is 519 g/mol. The molecular weight excluding hydrogens is 484 g/mol. The molecule has 6 nitrogen and oxygen atoms in total. The Morgan fingerprint density at radius 1 is 1.07 bits per heavy atom. The zero-order valence-electron chi connectivity index (χ0n) is 17.8. The van der Waals surface area contributed by atoms with Crippen LogP contribution in [-0.2, 0) is 4.74 Å². The van der Waals surface area contributed by atoms with Crippen LogP contribution in [0.3, 0.4) is 0 Å². The van der Waals surface area contributed by atoms with Gasteiger partial charge >= 0.3 is 0 Å². The van der Waals surface area contributed by atoms with Crippen molar-refractivity contribution in [3.05, 3.63) is 30.1 Å². The quantitative estimate of drug-likeness (QED) is 0.368. The van der Waals surface area contributed by atoms with Gasteiger partial charge in [-0.2, -0.15) is 0 Å². The highest BCUT2D eigenvalue weighted by Gasteiger charge is 2.25. The molecule has 0 radical (unpaired) electrons. The van der Waals surface area contributed by atoms with Crippen molar-refractivity contribution in [2.24, 2.45) is 10.9 Å². The average molecular weight is 519 g/mol. The van der Waals surface area contributed by atoms with Gasteiger partial charge in [-0.1, -0.05) is 13.8 Å². The molecule has 1 aromatic carbocycles. The lowest BCUT2D eigenvalue weighted by atomic mass is 10.0. The highest BCUT2D eigenvalue weighted by molar-refractivity contribution is 14.0. The Balaban J connectivity index is 0.00000300. The number of piperazine rings is 1. The van der Waals surface area contributed by atoms with E-state index < -0.39 is 0 Å². The molecule has 1 N–H and O–H groups in total. The molecule has 8 heteroatoms. The Morgan fingerprint density at radius 3 is 2.24 bits per heavy atom. The zero-order valence-corrected chi connectivity index (χ0v) is 20.1. The van der Waals surface area contributed by atoms with Gasteiger partial charge in [-0.15, -0.1) is 24.0 Å². The number of halogens is 2. The van der Waals surface area contributed by atoms with Gasteiger partial charge in [0.2, 0.25) is 0 Å². The van der Waals surface area contributed by atoms with Gasteiger partial charge in [0.05, 0.1) is 13.2 Å². The summed E-state index contributed by atoms with van der Waals surface area (Å²) in [7, 11) is 1.85. The Bertz CT molecular complexity index is 628. The van der Waals surface area contributed by atoms with Gasteiger partial charge < -0.3 is 19.9 Å². The van der Waals surface area contributed by atoms with E-state index >= 15 is 0 Å². The third-order valence-corrected chi connectivity index (χ3v) is 5.74. The van der Waals surface area contributed by atoms with Gasteiger partial charge in [0, 0.05) is 64.6 Å². The highest BCUT2D eigenvalue weighted by atomic mass is 127. The minimum atomic E-state index is -0.188. The van der Waals surface area contributed by atoms with E-state index in [9.17, 15) is 4.39 Å². The minimum absolute atomic E-state index is 0. The largest absolute Gasteiger partial charge is 0.379 e. The second-order valence-corrected chi connectivity index (χ2v) is 7.84. The summed E-state index contributed by atoms with van der Waals surface area (Å²) in [4.78, 5) is 11.7. The molecule has 0 amide bonds. The Morgan fingerprint density at radius 2 is 1.69 bits per heavy atom. The Kier molecular flexibility index (Phi) is 9.91. The summed E-state index contributed by atoms with van der Waals surface area (Å²) in [5.41, 5.74) is 1.08. The highest BCUT2D eigenvalue weighted by Crippen LogP contribution is 2.17. The van der Waals surface area contributed by atoms with Crippen LogP contribution in [0.2, 0.25) is 0 Å². The summed E-state index contributed by atoms with van der Waals surface area (Å²) in [5.74, 6) is 1.35. The number of aliphatic imine (C=N–C) groups is 1. The summed E-state index contributed by atoms with van der Waals surface area (Å²) < 4.78 is 18.7. The molecule has 2 saturated heterocycles. The van der Waals surface area contributed by atoms with Crippen LogP contribution in [0.1, 0.15) is 13.8 Å². The molecule has 2 heterocycles. The lowest BCUT2D eigenvalue weighted by molar-refractivity contribution is 0.00739. The first-order chi connectivity index (χ1) is 13.6. The fraction of sp³-hybridized carbons (Fsp3) is 0.667. The van der Waals surface area contributed by atoms with Crippen molar-refractivity contribution in [1.82, 2.24) is 15.1 Å². The van der Waals surface area contributed by atoms with Crippen molar-refractivity contribution in [3.63, 3.8) is 0 Å². The number of anilines is 1. The molecule has 2 aliphatic heterocycles. The number of benzene rings is 1. The van der Waals surface area contributed by atoms with Crippen molar-refractivity contribution in [1.29, 1.82) is 0 Å². The maximum absolute atomic E-state index is 13.1. The van der Waals surface area contributed by atoms with E-state index in [0.29, 0.717) is 12.0 Å². The number of nitrogens with zero attached hydrogens (tertiary/aromatic N) is 4. The third kappa shape index (κ3) is 6.68. The van der Waals surface area contributed by atoms with E-state index in [1.165, 1.54) is 12.1 Å². The second kappa shape index (κ2) is 11.9. The minimum Gasteiger partial charge on any atom is -0.379 e. The van der Waals surface area contributed by atoms with Gasteiger partial charge in [-0.05, 0) is 30.2 Å². The fourth-order valence-corrected chi connectivity index (χ4v) is 4.05. The van der Waals surface area contributed by atoms with E-state index in [0.717, 1.165) is 70.7 Å². The van der Waals surface area contributed by atoms with E-state index in [4.69, 9.17) is 4.74 Å². The second-order valence-electron chi connectivity index (χ2n) is 7.84. The van der Waals surface area contributed by atoms with Crippen LogP contribution in [0, 0.1) is 11.7 Å². The van der Waals surface area contributed by atoms with E-state index in [1.54, 1.807) is 0 Å². The predicted octanol–water partition coefficient (Wildman–Crippen LogP) is 2.50. The maximum atomic E-state index is 13.1. The van der Waals surface area contributed by atoms with Crippen LogP contribution in [0.15, 0.2) is 29.3 Å². The molecular formula is C21H35FIN5O. The van der Waals surface area contributed by atoms with Gasteiger partial charge in [0.1, 0.15) is 5.82 Å². The molecule has 2 fully saturated rings. The zero-order chi connectivity index (χ0) is 19.9. The number of guanidine groups is 1. The van der Waals surface area contributed by atoms with Gasteiger partial charge in [-0.25, -0.2) is 4.39 Å². The van der Waals surface area contributed by atoms with Gasteiger partial charge in [0.15, 0.2) is 5.96 Å². The summed E-state index contributed by atoms with van der Waals surface area (Å²) in [6, 6.07) is 7.24. The van der Waals surface area contributed by atoms with Gasteiger partial charge in [0.25, 0.3) is 0 Å².